The van der Waals surface area contributed by atoms with Crippen molar-refractivity contribution >= 4 is 11.7 Å². The number of nitrogens with zero attached hydrogens (tertiary/aromatic N) is 2. The van der Waals surface area contributed by atoms with Crippen LogP contribution in [0.25, 0.3) is 0 Å². The predicted octanol–water partition coefficient (Wildman–Crippen LogP) is 0.507. The topological polar surface area (TPSA) is 79.5 Å². The van der Waals surface area contributed by atoms with Gasteiger partial charge in [0.15, 0.2) is 0 Å². The number of hydrogen-bond acceptors (Lipinski definition) is 4. The Morgan fingerprint density at radius 2 is 2.41 bits per heavy atom. The largest absolute Gasteiger partial charge is 0.393 e. The summed E-state index contributed by atoms with van der Waals surface area (Å²) in [6.07, 6.45) is 1.98. The second-order valence-corrected chi connectivity index (χ2v) is 4.51. The summed E-state index contributed by atoms with van der Waals surface area (Å²) in [5, 5.41) is 9.49. The van der Waals surface area contributed by atoms with Gasteiger partial charge in [0.2, 0.25) is 0 Å². The van der Waals surface area contributed by atoms with E-state index in [1.165, 1.54) is 6.20 Å². The molecule has 1 fully saturated rings. The fourth-order valence-corrected chi connectivity index (χ4v) is 2.08. The molecule has 2 atom stereocenters. The molecule has 0 bridgehead atoms. The van der Waals surface area contributed by atoms with Crippen LogP contribution in [0.1, 0.15) is 23.7 Å². The lowest BCUT2D eigenvalue weighted by molar-refractivity contribution is 0.0762. The molecule has 0 spiro atoms. The fraction of sp³-hybridized carbons (Fsp3) is 0.500. The Morgan fingerprint density at radius 1 is 1.65 bits per heavy atom. The molecular weight excluding hydrogens is 218 g/mol. The van der Waals surface area contributed by atoms with Gasteiger partial charge in [-0.15, -0.1) is 0 Å². The van der Waals surface area contributed by atoms with Gasteiger partial charge in [-0.25, -0.2) is 4.98 Å². The van der Waals surface area contributed by atoms with Gasteiger partial charge in [0.1, 0.15) is 5.82 Å². The molecular formula is C12H17N3O2. The third kappa shape index (κ3) is 2.55. The number of nitrogen functional groups attached to an aromatic ring is 1. The predicted molar refractivity (Wildman–Crippen MR) is 64.3 cm³/mol. The summed E-state index contributed by atoms with van der Waals surface area (Å²) >= 11 is 0. The summed E-state index contributed by atoms with van der Waals surface area (Å²) in [7, 11) is 0. The molecule has 5 nitrogen and oxygen atoms in total. The van der Waals surface area contributed by atoms with Crippen molar-refractivity contribution in [2.45, 2.75) is 19.4 Å². The molecule has 1 aromatic rings. The van der Waals surface area contributed by atoms with E-state index in [1.807, 2.05) is 0 Å². The van der Waals surface area contributed by atoms with Gasteiger partial charge in [-0.3, -0.25) is 4.79 Å². The monoisotopic (exact) mass is 235 g/mol. The van der Waals surface area contributed by atoms with Crippen molar-refractivity contribution in [3.05, 3.63) is 23.9 Å². The molecule has 17 heavy (non-hydrogen) atoms. The summed E-state index contributed by atoms with van der Waals surface area (Å²) in [6.45, 7) is 3.07. The van der Waals surface area contributed by atoms with Crippen LogP contribution < -0.4 is 5.73 Å². The van der Waals surface area contributed by atoms with E-state index < -0.39 is 0 Å². The normalized spacial score (nSPS) is 21.5. The number of rotatable bonds is 2. The van der Waals surface area contributed by atoms with Gasteiger partial charge in [0, 0.05) is 25.2 Å². The van der Waals surface area contributed by atoms with Crippen LogP contribution in [0.2, 0.25) is 0 Å². The van der Waals surface area contributed by atoms with Crippen molar-refractivity contribution < 1.29 is 9.90 Å². The number of nitrogens with two attached hydrogens (primary N) is 1. The minimum atomic E-state index is -0.364. The molecule has 0 aromatic carbocycles. The summed E-state index contributed by atoms with van der Waals surface area (Å²) in [4.78, 5) is 17.8. The number of carbonyl (C=O) groups is 1. The maximum atomic E-state index is 12.1. The molecule has 0 aliphatic carbocycles. The summed E-state index contributed by atoms with van der Waals surface area (Å²) in [5.41, 5.74) is 6.02. The minimum absolute atomic E-state index is 0.0411. The Kier molecular flexibility index (Phi) is 3.28. The zero-order chi connectivity index (χ0) is 12.4. The number of anilines is 1. The van der Waals surface area contributed by atoms with Gasteiger partial charge in [-0.2, -0.15) is 0 Å². The van der Waals surface area contributed by atoms with Crippen molar-refractivity contribution in [1.82, 2.24) is 9.88 Å². The second-order valence-electron chi connectivity index (χ2n) is 4.51. The fourth-order valence-electron chi connectivity index (χ4n) is 2.08. The van der Waals surface area contributed by atoms with Crippen LogP contribution in [0.4, 0.5) is 5.82 Å². The lowest BCUT2D eigenvalue weighted by Gasteiger charge is -2.17. The number of carbonyl (C=O) groups excluding carboxylic acids is 1. The number of pyridine rings is 1. The Morgan fingerprint density at radius 3 is 2.94 bits per heavy atom. The van der Waals surface area contributed by atoms with Crippen LogP contribution in [-0.2, 0) is 0 Å². The molecule has 1 aromatic heterocycles. The molecule has 1 saturated heterocycles. The SMILES string of the molecule is CC(O)C1CCN(C(=O)c2ccc(N)nc2)C1. The lowest BCUT2D eigenvalue weighted by atomic mass is 10.0. The third-order valence-electron chi connectivity index (χ3n) is 3.23. The van der Waals surface area contributed by atoms with Crippen LogP contribution in [-0.4, -0.2) is 40.1 Å². The van der Waals surface area contributed by atoms with Crippen LogP contribution in [0.15, 0.2) is 18.3 Å². The molecule has 2 heterocycles. The standard InChI is InChI=1S/C12H17N3O2/c1-8(16)10-4-5-15(7-10)12(17)9-2-3-11(13)14-6-9/h2-3,6,8,10,16H,4-5,7H2,1H3,(H2,13,14). The molecule has 0 saturated carbocycles. The van der Waals surface area contributed by atoms with Gasteiger partial charge in [-0.1, -0.05) is 0 Å². The van der Waals surface area contributed by atoms with E-state index in [2.05, 4.69) is 4.98 Å². The molecule has 2 unspecified atom stereocenters. The molecule has 0 radical (unpaired) electrons. The number of aliphatic hydroxyl groups excluding tert-OH is 1. The first-order valence-electron chi connectivity index (χ1n) is 5.77. The van der Waals surface area contributed by atoms with Gasteiger partial charge in [0.25, 0.3) is 5.91 Å². The average molecular weight is 235 g/mol. The average Bonchev–Trinajstić information content (AvgIpc) is 2.78. The van der Waals surface area contributed by atoms with E-state index >= 15 is 0 Å². The highest BCUT2D eigenvalue weighted by molar-refractivity contribution is 5.94. The Balaban J connectivity index is 2.04. The highest BCUT2D eigenvalue weighted by Gasteiger charge is 2.29. The van der Waals surface area contributed by atoms with E-state index in [0.29, 0.717) is 24.5 Å². The van der Waals surface area contributed by atoms with Crippen molar-refractivity contribution in [2.75, 3.05) is 18.8 Å². The maximum Gasteiger partial charge on any atom is 0.255 e. The number of amides is 1. The van der Waals surface area contributed by atoms with Crippen molar-refractivity contribution in [3.63, 3.8) is 0 Å². The van der Waals surface area contributed by atoms with Crippen molar-refractivity contribution in [2.24, 2.45) is 5.92 Å². The zero-order valence-electron chi connectivity index (χ0n) is 9.84. The first-order valence-corrected chi connectivity index (χ1v) is 5.77. The molecule has 2 rings (SSSR count). The van der Waals surface area contributed by atoms with Crippen molar-refractivity contribution in [1.29, 1.82) is 0 Å². The van der Waals surface area contributed by atoms with E-state index in [0.717, 1.165) is 6.42 Å². The highest BCUT2D eigenvalue weighted by atomic mass is 16.3. The van der Waals surface area contributed by atoms with Gasteiger partial charge >= 0.3 is 0 Å². The Labute approximate surface area is 100 Å². The summed E-state index contributed by atoms with van der Waals surface area (Å²) in [5.74, 6) is 0.547. The third-order valence-corrected chi connectivity index (χ3v) is 3.23. The van der Waals surface area contributed by atoms with E-state index in [4.69, 9.17) is 5.73 Å². The second kappa shape index (κ2) is 4.71. The van der Waals surface area contributed by atoms with E-state index in [1.54, 1.807) is 24.0 Å². The molecule has 1 amide bonds. The first kappa shape index (κ1) is 11.9. The maximum absolute atomic E-state index is 12.1. The lowest BCUT2D eigenvalue weighted by Crippen LogP contribution is -2.30. The zero-order valence-corrected chi connectivity index (χ0v) is 9.84. The van der Waals surface area contributed by atoms with Gasteiger partial charge in [0.05, 0.1) is 11.7 Å². The smallest absolute Gasteiger partial charge is 0.255 e. The highest BCUT2D eigenvalue weighted by Crippen LogP contribution is 2.21. The summed E-state index contributed by atoms with van der Waals surface area (Å²) in [6, 6.07) is 3.30. The Bertz CT molecular complexity index is 403. The number of likely N-dealkylation sites (tertiary alicyclic amines) is 1. The van der Waals surface area contributed by atoms with Crippen LogP contribution >= 0.6 is 0 Å². The van der Waals surface area contributed by atoms with E-state index in [9.17, 15) is 9.90 Å². The molecule has 1 aliphatic rings. The Hall–Kier alpha value is -1.62. The number of aromatic nitrogens is 1. The van der Waals surface area contributed by atoms with Crippen LogP contribution in [0.5, 0.6) is 0 Å². The first-order chi connectivity index (χ1) is 8.08. The molecule has 5 heteroatoms. The molecule has 1 aliphatic heterocycles. The molecule has 3 N–H and O–H groups in total. The van der Waals surface area contributed by atoms with Gasteiger partial charge in [-0.05, 0) is 25.5 Å². The van der Waals surface area contributed by atoms with E-state index in [-0.39, 0.29) is 17.9 Å². The minimum Gasteiger partial charge on any atom is -0.393 e. The number of aliphatic hydroxyl groups is 1. The van der Waals surface area contributed by atoms with Gasteiger partial charge < -0.3 is 15.7 Å². The van der Waals surface area contributed by atoms with Crippen LogP contribution in [0.3, 0.4) is 0 Å². The molecule has 92 valence electrons. The summed E-state index contributed by atoms with van der Waals surface area (Å²) < 4.78 is 0. The number of hydrogen-bond donors (Lipinski definition) is 2. The quantitative estimate of drug-likeness (QED) is 0.782. The van der Waals surface area contributed by atoms with Crippen molar-refractivity contribution in [3.8, 4) is 0 Å². The van der Waals surface area contributed by atoms with Crippen LogP contribution in [0, 0.1) is 5.92 Å².